The summed E-state index contributed by atoms with van der Waals surface area (Å²) in [6.07, 6.45) is 1.54. The van der Waals surface area contributed by atoms with Crippen LogP contribution in [0, 0.1) is 17.3 Å². The summed E-state index contributed by atoms with van der Waals surface area (Å²) in [5.41, 5.74) is 0.619. The van der Waals surface area contributed by atoms with Gasteiger partial charge in [0, 0.05) is 19.6 Å². The van der Waals surface area contributed by atoms with Gasteiger partial charge in [0.05, 0.1) is 12.3 Å². The number of urea groups is 1. The predicted octanol–water partition coefficient (Wildman–Crippen LogP) is 4.13. The van der Waals surface area contributed by atoms with Crippen molar-refractivity contribution in [1.29, 1.82) is 0 Å². The van der Waals surface area contributed by atoms with Crippen LogP contribution in [0.1, 0.15) is 98.1 Å². The zero-order valence-electron chi connectivity index (χ0n) is 35.8. The number of hydrogen-bond acceptors (Lipinski definition) is 9. The summed E-state index contributed by atoms with van der Waals surface area (Å²) in [6, 6.07) is 12.0. The van der Waals surface area contributed by atoms with E-state index in [-0.39, 0.29) is 44.6 Å². The van der Waals surface area contributed by atoms with Gasteiger partial charge in [0.25, 0.3) is 0 Å². The fourth-order valence-corrected chi connectivity index (χ4v) is 6.91. The Morgan fingerprint density at radius 2 is 1.34 bits per heavy atom. The molecule has 1 heterocycles. The lowest BCUT2D eigenvalue weighted by atomic mass is 9.82. The number of carbonyl (C=O) groups is 7. The van der Waals surface area contributed by atoms with Crippen LogP contribution in [0.4, 0.5) is 4.79 Å². The summed E-state index contributed by atoms with van der Waals surface area (Å²) in [7, 11) is 1.42. The Kier molecular flexibility index (Phi) is 18.8. The molecule has 1 fully saturated rings. The smallest absolute Gasteiger partial charge is 0.328 e. The zero-order chi connectivity index (χ0) is 43.7. The monoisotopic (exact) mass is 820 g/mol. The van der Waals surface area contributed by atoms with E-state index in [1.165, 1.54) is 11.9 Å². The molecule has 1 saturated heterocycles. The molecule has 2 aromatic rings. The van der Waals surface area contributed by atoms with Crippen LogP contribution in [-0.2, 0) is 51.5 Å². The first-order chi connectivity index (χ1) is 28.0. The highest BCUT2D eigenvalue weighted by Crippen LogP contribution is 2.29. The molecule has 59 heavy (non-hydrogen) atoms. The quantitative estimate of drug-likeness (QED) is 0.129. The van der Waals surface area contributed by atoms with E-state index in [0.717, 1.165) is 5.56 Å². The third-order valence-corrected chi connectivity index (χ3v) is 10.3. The van der Waals surface area contributed by atoms with Crippen LogP contribution in [0.25, 0.3) is 0 Å². The summed E-state index contributed by atoms with van der Waals surface area (Å²) >= 11 is 0. The number of esters is 2. The Morgan fingerprint density at radius 3 is 1.86 bits per heavy atom. The van der Waals surface area contributed by atoms with E-state index >= 15 is 0 Å². The van der Waals surface area contributed by atoms with Crippen LogP contribution in [-0.4, -0.2) is 90.3 Å². The normalized spacial score (nSPS) is 16.9. The van der Waals surface area contributed by atoms with E-state index in [1.807, 2.05) is 52.0 Å². The van der Waals surface area contributed by atoms with Crippen molar-refractivity contribution in [3.63, 3.8) is 0 Å². The summed E-state index contributed by atoms with van der Waals surface area (Å²) in [5, 5.41) is 13.6. The van der Waals surface area contributed by atoms with Crippen molar-refractivity contribution >= 4 is 41.6 Å². The van der Waals surface area contributed by atoms with Gasteiger partial charge in [-0.15, -0.1) is 0 Å². The van der Waals surface area contributed by atoms with Crippen LogP contribution in [0.2, 0.25) is 0 Å². The number of likely N-dealkylation sites (tertiary alicyclic amines) is 1. The van der Waals surface area contributed by atoms with Gasteiger partial charge in [0.1, 0.15) is 37.4 Å². The molecule has 0 saturated carbocycles. The topological polar surface area (TPSA) is 201 Å². The Hall–Kier alpha value is -5.47. The maximum Gasteiger partial charge on any atom is 0.328 e. The van der Waals surface area contributed by atoms with Crippen molar-refractivity contribution in [2.45, 2.75) is 130 Å². The molecule has 15 nitrogen and oxygen atoms in total. The van der Waals surface area contributed by atoms with Crippen LogP contribution in [0.15, 0.2) is 60.7 Å². The summed E-state index contributed by atoms with van der Waals surface area (Å²) in [5.74, 6) is -5.45. The second kappa shape index (κ2) is 23.2. The summed E-state index contributed by atoms with van der Waals surface area (Å²) < 4.78 is 11.1. The van der Waals surface area contributed by atoms with E-state index in [2.05, 4.69) is 26.6 Å². The lowest BCUT2D eigenvalue weighted by molar-refractivity contribution is -0.154. The third kappa shape index (κ3) is 15.0. The molecule has 0 radical (unpaired) electrons. The number of hydrogen-bond donors (Lipinski definition) is 5. The minimum atomic E-state index is -1.59. The number of rotatable bonds is 19. The van der Waals surface area contributed by atoms with Crippen molar-refractivity contribution in [3.05, 3.63) is 71.8 Å². The average molecular weight is 821 g/mol. The number of piperidine rings is 1. The molecule has 0 bridgehead atoms. The molecule has 0 aliphatic carbocycles. The predicted molar refractivity (Wildman–Crippen MR) is 222 cm³/mol. The molecule has 3 rings (SSSR count). The first-order valence-electron chi connectivity index (χ1n) is 20.6. The third-order valence-electron chi connectivity index (χ3n) is 10.3. The Morgan fingerprint density at radius 1 is 0.763 bits per heavy atom. The van der Waals surface area contributed by atoms with Gasteiger partial charge in [-0.1, -0.05) is 109 Å². The van der Waals surface area contributed by atoms with Crippen LogP contribution in [0.5, 0.6) is 0 Å². The molecule has 0 spiro atoms. The molecule has 5 atom stereocenters. The standard InChI is InChI=1S/C44H64N6O9/c1-9-31(10-2)46-43(57)49-37(44(5,6)7)41(55)50-23-17-22-32(38(52)45-8)36(50)40(54)47-33(25-35(51)58-26-29-18-13-11-14-19-29)39(53)48-34(24-28(3)4)42(56)59-27-30-20-15-12-16-21-30/h11-16,18-21,28,31-34,36-37H,9-10,17,22-27H2,1-8H3,(H,45,52)(H,47,54)(H,48,53)(H2,46,49,57)/t32-,33+,34+,36+,37-/m1/s1. The zero-order valence-corrected chi connectivity index (χ0v) is 35.8. The molecule has 0 aromatic heterocycles. The van der Waals surface area contributed by atoms with Crippen molar-refractivity contribution in [1.82, 2.24) is 31.5 Å². The fourth-order valence-electron chi connectivity index (χ4n) is 6.91. The lowest BCUT2D eigenvalue weighted by Gasteiger charge is -2.43. The number of benzene rings is 2. The van der Waals surface area contributed by atoms with Gasteiger partial charge in [-0.3, -0.25) is 24.0 Å². The van der Waals surface area contributed by atoms with Gasteiger partial charge >= 0.3 is 18.0 Å². The molecule has 6 amide bonds. The second-order valence-corrected chi connectivity index (χ2v) is 16.5. The van der Waals surface area contributed by atoms with Crippen molar-refractivity contribution in [2.24, 2.45) is 17.3 Å². The molecule has 324 valence electrons. The van der Waals surface area contributed by atoms with E-state index in [1.54, 1.807) is 57.2 Å². The van der Waals surface area contributed by atoms with E-state index < -0.39 is 83.5 Å². The van der Waals surface area contributed by atoms with E-state index in [4.69, 9.17) is 9.47 Å². The molecule has 0 unspecified atom stereocenters. The molecule has 2 aromatic carbocycles. The van der Waals surface area contributed by atoms with E-state index in [9.17, 15) is 33.6 Å². The van der Waals surface area contributed by atoms with Crippen LogP contribution in [0.3, 0.4) is 0 Å². The van der Waals surface area contributed by atoms with Crippen molar-refractivity contribution in [3.8, 4) is 0 Å². The minimum Gasteiger partial charge on any atom is -0.461 e. The summed E-state index contributed by atoms with van der Waals surface area (Å²) in [6.45, 7) is 12.9. The first kappa shape index (κ1) is 47.9. The van der Waals surface area contributed by atoms with Crippen LogP contribution < -0.4 is 26.6 Å². The van der Waals surface area contributed by atoms with Gasteiger partial charge in [-0.25, -0.2) is 9.59 Å². The van der Waals surface area contributed by atoms with Gasteiger partial charge in [0.15, 0.2) is 0 Å². The highest BCUT2D eigenvalue weighted by Gasteiger charge is 2.47. The lowest BCUT2D eigenvalue weighted by Crippen LogP contribution is -2.66. The van der Waals surface area contributed by atoms with Gasteiger partial charge < -0.3 is 41.0 Å². The molecule has 15 heteroatoms. The molecule has 1 aliphatic rings. The van der Waals surface area contributed by atoms with Crippen molar-refractivity contribution in [2.75, 3.05) is 13.6 Å². The highest BCUT2D eigenvalue weighted by molar-refractivity contribution is 5.99. The van der Waals surface area contributed by atoms with Crippen molar-refractivity contribution < 1.29 is 43.0 Å². The number of nitrogens with one attached hydrogen (secondary N) is 5. The number of ether oxygens (including phenoxy) is 2. The number of nitrogens with zero attached hydrogens (tertiary/aromatic N) is 1. The SMILES string of the molecule is CCC(CC)NC(=O)N[C@H](C(=O)N1CCC[C@@H](C(=O)NC)[C@H]1C(=O)N[C@@H](CC(=O)OCc1ccccc1)C(=O)N[C@@H](CC(C)C)C(=O)OCc1ccccc1)C(C)(C)C. The van der Waals surface area contributed by atoms with Gasteiger partial charge in [-0.05, 0) is 54.6 Å². The Labute approximate surface area is 348 Å². The van der Waals surface area contributed by atoms with Gasteiger partial charge in [-0.2, -0.15) is 0 Å². The second-order valence-electron chi connectivity index (χ2n) is 16.5. The summed E-state index contributed by atoms with van der Waals surface area (Å²) in [4.78, 5) is 97.9. The van der Waals surface area contributed by atoms with Crippen LogP contribution >= 0.6 is 0 Å². The minimum absolute atomic E-state index is 0.0353. The Bertz CT molecular complexity index is 1710. The molecular formula is C44H64N6O9. The number of amides is 6. The fraction of sp³-hybridized carbons (Fsp3) is 0.568. The maximum absolute atomic E-state index is 14.6. The van der Waals surface area contributed by atoms with Gasteiger partial charge in [0.2, 0.25) is 23.6 Å². The Balaban J connectivity index is 1.97. The molecule has 1 aliphatic heterocycles. The maximum atomic E-state index is 14.6. The first-order valence-corrected chi connectivity index (χ1v) is 20.6. The molecular weight excluding hydrogens is 757 g/mol. The average Bonchev–Trinajstić information content (AvgIpc) is 3.21. The largest absolute Gasteiger partial charge is 0.461 e. The van der Waals surface area contributed by atoms with E-state index in [0.29, 0.717) is 24.8 Å². The molecule has 5 N–H and O–H groups in total. The highest BCUT2D eigenvalue weighted by atomic mass is 16.5. The number of carbonyl (C=O) groups excluding carboxylic acids is 7.